The molecule has 0 aliphatic carbocycles. The minimum absolute atomic E-state index is 0.000400. The van der Waals surface area contributed by atoms with E-state index in [0.29, 0.717) is 35.1 Å². The highest BCUT2D eigenvalue weighted by Crippen LogP contribution is 2.37. The number of methoxy groups -OCH3 is 4. The maximum Gasteiger partial charge on any atom is 0.265 e. The molecule has 3 aromatic carbocycles. The number of carbonyl (C=O) groups excluding carboxylic acids is 2. The highest BCUT2D eigenvalue weighted by Gasteiger charge is 2.34. The third kappa shape index (κ3) is 8.06. The minimum Gasteiger partial charge on any atom is -0.497 e. The van der Waals surface area contributed by atoms with E-state index < -0.39 is 28.5 Å². The largest absolute Gasteiger partial charge is 0.497 e. The Morgan fingerprint density at radius 1 is 0.886 bits per heavy atom. The average Bonchev–Trinajstić information content (AvgIpc) is 3.03. The monoisotopic (exact) mass is 647 g/mol. The smallest absolute Gasteiger partial charge is 0.265 e. The van der Waals surface area contributed by atoms with Gasteiger partial charge in [0.25, 0.3) is 10.0 Å². The first-order chi connectivity index (χ1) is 21.0. The van der Waals surface area contributed by atoms with E-state index in [2.05, 4.69) is 5.32 Å². The van der Waals surface area contributed by atoms with Gasteiger partial charge in [-0.15, -0.1) is 0 Å². The van der Waals surface area contributed by atoms with E-state index in [9.17, 15) is 18.0 Å². The van der Waals surface area contributed by atoms with Crippen molar-refractivity contribution in [2.75, 3.05) is 45.8 Å². The van der Waals surface area contributed by atoms with Gasteiger partial charge in [0.15, 0.2) is 11.5 Å². The number of sulfonamides is 1. The number of hydrogen-bond donors (Lipinski definition) is 1. The van der Waals surface area contributed by atoms with Crippen LogP contribution in [0.2, 0.25) is 5.02 Å². The molecule has 0 aliphatic heterocycles. The predicted octanol–water partition coefficient (Wildman–Crippen LogP) is 4.51. The second-order valence-electron chi connectivity index (χ2n) is 9.68. The van der Waals surface area contributed by atoms with Gasteiger partial charge in [-0.25, -0.2) is 8.42 Å². The molecule has 13 heteroatoms. The number of benzene rings is 3. The first-order valence-corrected chi connectivity index (χ1v) is 15.6. The number of halogens is 1. The van der Waals surface area contributed by atoms with Crippen molar-refractivity contribution in [2.45, 2.75) is 37.8 Å². The lowest BCUT2D eigenvalue weighted by atomic mass is 10.1. The van der Waals surface area contributed by atoms with Crippen molar-refractivity contribution < 1.29 is 37.0 Å². The molecule has 0 saturated carbocycles. The molecule has 1 atom stereocenters. The third-order valence-electron chi connectivity index (χ3n) is 6.84. The second-order valence-corrected chi connectivity index (χ2v) is 12.0. The van der Waals surface area contributed by atoms with E-state index >= 15 is 0 Å². The number of carbonyl (C=O) groups is 2. The van der Waals surface area contributed by atoms with E-state index in [1.165, 1.54) is 57.6 Å². The van der Waals surface area contributed by atoms with Gasteiger partial charge < -0.3 is 29.2 Å². The predicted molar refractivity (Wildman–Crippen MR) is 168 cm³/mol. The molecular weight excluding hydrogens is 610 g/mol. The summed E-state index contributed by atoms with van der Waals surface area (Å²) in [6.45, 7) is 3.25. The van der Waals surface area contributed by atoms with Gasteiger partial charge in [-0.05, 0) is 55.3 Å². The Bertz CT molecular complexity index is 1570. The van der Waals surface area contributed by atoms with Gasteiger partial charge in [0, 0.05) is 30.2 Å². The Morgan fingerprint density at radius 3 is 2.18 bits per heavy atom. The molecule has 0 unspecified atom stereocenters. The van der Waals surface area contributed by atoms with E-state index in [4.69, 9.17) is 30.5 Å². The molecule has 44 heavy (non-hydrogen) atoms. The summed E-state index contributed by atoms with van der Waals surface area (Å²) in [5, 5.41) is 3.26. The molecule has 0 aliphatic rings. The van der Waals surface area contributed by atoms with E-state index in [1.54, 1.807) is 43.3 Å². The van der Waals surface area contributed by atoms with Gasteiger partial charge in [-0.2, -0.15) is 0 Å². The van der Waals surface area contributed by atoms with Crippen LogP contribution in [-0.2, 0) is 26.2 Å². The molecule has 0 aromatic heterocycles. The van der Waals surface area contributed by atoms with Crippen LogP contribution in [0.25, 0.3) is 0 Å². The lowest BCUT2D eigenvalue weighted by Crippen LogP contribution is -2.51. The van der Waals surface area contributed by atoms with Crippen molar-refractivity contribution in [1.29, 1.82) is 0 Å². The third-order valence-corrected chi connectivity index (χ3v) is 8.83. The zero-order chi connectivity index (χ0) is 32.4. The maximum atomic E-state index is 14.3. The second kappa shape index (κ2) is 15.5. The zero-order valence-electron chi connectivity index (χ0n) is 25.6. The van der Waals surface area contributed by atoms with Crippen molar-refractivity contribution >= 4 is 39.1 Å². The number of nitrogens with zero attached hydrogens (tertiary/aromatic N) is 2. The summed E-state index contributed by atoms with van der Waals surface area (Å²) in [5.41, 5.74) is 0.718. The quantitative estimate of drug-likeness (QED) is 0.256. The highest BCUT2D eigenvalue weighted by atomic mass is 35.5. The topological polar surface area (TPSA) is 124 Å². The Morgan fingerprint density at radius 2 is 1.57 bits per heavy atom. The van der Waals surface area contributed by atoms with Crippen LogP contribution in [0.15, 0.2) is 65.6 Å². The van der Waals surface area contributed by atoms with Crippen LogP contribution in [0.1, 0.15) is 25.8 Å². The molecule has 2 amide bonds. The van der Waals surface area contributed by atoms with Crippen molar-refractivity contribution in [2.24, 2.45) is 0 Å². The molecule has 238 valence electrons. The SMILES string of the molecule is CCCNC(=O)[C@H](C)N(Cc1cccc(Cl)c1)C(=O)CN(c1cc(OC)ccc1OC)S(=O)(=O)c1ccc(OC)c(OC)c1. The first-order valence-electron chi connectivity index (χ1n) is 13.8. The summed E-state index contributed by atoms with van der Waals surface area (Å²) in [6.07, 6.45) is 0.702. The van der Waals surface area contributed by atoms with Gasteiger partial charge in [0.1, 0.15) is 24.1 Å². The fourth-order valence-electron chi connectivity index (χ4n) is 4.42. The van der Waals surface area contributed by atoms with E-state index in [1.807, 2.05) is 6.92 Å². The average molecular weight is 648 g/mol. The minimum atomic E-state index is -4.44. The van der Waals surface area contributed by atoms with Crippen LogP contribution in [0, 0.1) is 0 Å². The fraction of sp³-hybridized carbons (Fsp3) is 0.355. The van der Waals surface area contributed by atoms with Crippen LogP contribution in [0.4, 0.5) is 5.69 Å². The highest BCUT2D eigenvalue weighted by molar-refractivity contribution is 7.92. The lowest BCUT2D eigenvalue weighted by Gasteiger charge is -2.32. The molecule has 3 rings (SSSR count). The van der Waals surface area contributed by atoms with E-state index in [-0.39, 0.29) is 34.5 Å². The Hall–Kier alpha value is -4.16. The molecule has 0 heterocycles. The summed E-state index contributed by atoms with van der Waals surface area (Å²) in [7, 11) is 1.21. The molecule has 1 N–H and O–H groups in total. The van der Waals surface area contributed by atoms with Gasteiger partial charge in [0.2, 0.25) is 11.8 Å². The fourth-order valence-corrected chi connectivity index (χ4v) is 6.07. The summed E-state index contributed by atoms with van der Waals surface area (Å²) in [5.74, 6) is 0.00378. The Kier molecular flexibility index (Phi) is 12.1. The standard InChI is InChI=1S/C31H38ClN3O8S/c1-7-15-33-31(37)21(2)34(19-22-9-8-10-23(32)16-22)30(36)20-35(26-17-24(40-3)11-13-27(26)41-4)44(38,39)25-12-14-28(42-5)29(18-25)43-6/h8-14,16-18,21H,7,15,19-20H2,1-6H3,(H,33,37)/t21-/m0/s1. The summed E-state index contributed by atoms with van der Waals surface area (Å²) < 4.78 is 51.1. The number of anilines is 1. The van der Waals surface area contributed by atoms with Gasteiger partial charge in [0.05, 0.1) is 39.0 Å². The summed E-state index contributed by atoms with van der Waals surface area (Å²) in [4.78, 5) is 28.4. The van der Waals surface area contributed by atoms with Crippen LogP contribution < -0.4 is 28.6 Å². The van der Waals surface area contributed by atoms with Crippen molar-refractivity contribution in [1.82, 2.24) is 10.2 Å². The maximum absolute atomic E-state index is 14.3. The molecule has 0 saturated heterocycles. The lowest BCUT2D eigenvalue weighted by molar-refractivity contribution is -0.139. The Labute approximate surface area is 263 Å². The number of hydrogen-bond acceptors (Lipinski definition) is 8. The number of ether oxygens (including phenoxy) is 4. The van der Waals surface area contributed by atoms with Gasteiger partial charge >= 0.3 is 0 Å². The number of nitrogens with one attached hydrogen (secondary N) is 1. The van der Waals surface area contributed by atoms with E-state index in [0.717, 1.165) is 4.31 Å². The normalized spacial score (nSPS) is 11.7. The molecule has 0 bridgehead atoms. The first kappa shape index (κ1) is 34.3. The van der Waals surface area contributed by atoms with Crippen molar-refractivity contribution in [3.63, 3.8) is 0 Å². The van der Waals surface area contributed by atoms with Crippen molar-refractivity contribution in [3.05, 3.63) is 71.2 Å². The zero-order valence-corrected chi connectivity index (χ0v) is 27.2. The molecule has 0 fully saturated rings. The molecule has 3 aromatic rings. The molecule has 0 spiro atoms. The molecular formula is C31H38ClN3O8S. The molecule has 0 radical (unpaired) electrons. The van der Waals surface area contributed by atoms with Crippen LogP contribution in [0.3, 0.4) is 0 Å². The summed E-state index contributed by atoms with van der Waals surface area (Å²) in [6, 6.07) is 14.7. The van der Waals surface area contributed by atoms with Gasteiger partial charge in [-0.1, -0.05) is 30.7 Å². The van der Waals surface area contributed by atoms with Crippen LogP contribution >= 0.6 is 11.6 Å². The number of amides is 2. The van der Waals surface area contributed by atoms with Gasteiger partial charge in [-0.3, -0.25) is 13.9 Å². The van der Waals surface area contributed by atoms with Crippen molar-refractivity contribution in [3.8, 4) is 23.0 Å². The van der Waals surface area contributed by atoms with Crippen LogP contribution in [-0.4, -0.2) is 72.7 Å². The number of rotatable bonds is 15. The van der Waals surface area contributed by atoms with Crippen LogP contribution in [0.5, 0.6) is 23.0 Å². The molecule has 11 nitrogen and oxygen atoms in total. The summed E-state index contributed by atoms with van der Waals surface area (Å²) >= 11 is 6.20. The Balaban J connectivity index is 2.16.